The molecule has 0 saturated carbocycles. The minimum atomic E-state index is -1.07. The molecule has 104 valence electrons. The van der Waals surface area contributed by atoms with Gasteiger partial charge in [-0.25, -0.2) is 4.79 Å². The zero-order valence-electron chi connectivity index (χ0n) is 10.5. The molecule has 0 unspecified atom stereocenters. The van der Waals surface area contributed by atoms with Gasteiger partial charge in [-0.15, -0.1) is 0 Å². The normalized spacial score (nSPS) is 13.8. The van der Waals surface area contributed by atoms with Crippen LogP contribution in [0.2, 0.25) is 0 Å². The van der Waals surface area contributed by atoms with Gasteiger partial charge in [0.1, 0.15) is 0 Å². The van der Waals surface area contributed by atoms with Gasteiger partial charge in [-0.05, 0) is 30.3 Å². The van der Waals surface area contributed by atoms with Crippen molar-refractivity contribution < 1.29 is 23.8 Å². The molecule has 5 nitrogen and oxygen atoms in total. The second-order valence-corrected chi connectivity index (χ2v) is 5.26. The zero-order chi connectivity index (χ0) is 13.9. The molecular formula is C14H12O5S. The fraction of sp³-hybridized carbons (Fsp3) is 0.214. The van der Waals surface area contributed by atoms with Crippen molar-refractivity contribution in [1.82, 2.24) is 0 Å². The van der Waals surface area contributed by atoms with Crippen LogP contribution in [0.3, 0.4) is 0 Å². The maximum atomic E-state index is 10.8. The summed E-state index contributed by atoms with van der Waals surface area (Å²) in [7, 11) is 0. The molecule has 0 amide bonds. The number of furan rings is 1. The lowest BCUT2D eigenvalue weighted by atomic mass is 10.3. The van der Waals surface area contributed by atoms with E-state index in [1.165, 1.54) is 17.8 Å². The van der Waals surface area contributed by atoms with Crippen molar-refractivity contribution in [3.63, 3.8) is 0 Å². The number of benzene rings is 1. The summed E-state index contributed by atoms with van der Waals surface area (Å²) >= 11 is 1.34. The average molecular weight is 292 g/mol. The van der Waals surface area contributed by atoms with Crippen molar-refractivity contribution in [2.45, 2.75) is 16.4 Å². The second-order valence-electron chi connectivity index (χ2n) is 4.18. The lowest BCUT2D eigenvalue weighted by Crippen LogP contribution is -1.97. The van der Waals surface area contributed by atoms with Crippen LogP contribution in [0.25, 0.3) is 0 Å². The van der Waals surface area contributed by atoms with Gasteiger partial charge < -0.3 is 19.0 Å². The first kappa shape index (κ1) is 12.9. The number of rotatable bonds is 3. The van der Waals surface area contributed by atoms with Crippen molar-refractivity contribution in [2.24, 2.45) is 0 Å². The molecule has 0 fully saturated rings. The molecule has 0 radical (unpaired) electrons. The number of hydrogen-bond donors (Lipinski definition) is 1. The van der Waals surface area contributed by atoms with E-state index in [0.717, 1.165) is 17.1 Å². The van der Waals surface area contributed by atoms with Crippen LogP contribution in [0.5, 0.6) is 11.5 Å². The molecule has 20 heavy (non-hydrogen) atoms. The summed E-state index contributed by atoms with van der Waals surface area (Å²) in [6, 6.07) is 8.68. The summed E-state index contributed by atoms with van der Waals surface area (Å²) in [5.41, 5.74) is 0. The van der Waals surface area contributed by atoms with Crippen LogP contribution in [0.1, 0.15) is 17.0 Å². The minimum Gasteiger partial charge on any atom is -0.490 e. The van der Waals surface area contributed by atoms with Crippen molar-refractivity contribution in [2.75, 3.05) is 13.2 Å². The number of aromatic carboxylic acids is 1. The van der Waals surface area contributed by atoms with E-state index in [1.807, 2.05) is 18.2 Å². The Morgan fingerprint density at radius 3 is 2.65 bits per heavy atom. The van der Waals surface area contributed by atoms with Gasteiger partial charge in [0.25, 0.3) is 0 Å². The highest BCUT2D eigenvalue weighted by Crippen LogP contribution is 2.37. The highest BCUT2D eigenvalue weighted by Gasteiger charge is 2.13. The number of carbonyl (C=O) groups is 1. The summed E-state index contributed by atoms with van der Waals surface area (Å²) in [5, 5.41) is 9.34. The number of ether oxygens (including phenoxy) is 2. The zero-order valence-corrected chi connectivity index (χ0v) is 11.3. The third-order valence-electron chi connectivity index (χ3n) is 2.73. The number of fused-ring (bicyclic) bond motifs is 1. The molecule has 1 aromatic carbocycles. The average Bonchev–Trinajstić information content (AvgIpc) is 2.77. The van der Waals surface area contributed by atoms with E-state index in [2.05, 4.69) is 0 Å². The lowest BCUT2D eigenvalue weighted by Gasteiger charge is -2.08. The Hall–Kier alpha value is -2.08. The first-order valence-electron chi connectivity index (χ1n) is 6.13. The first-order chi connectivity index (χ1) is 9.72. The first-order valence-corrected chi connectivity index (χ1v) is 6.95. The molecule has 2 aromatic rings. The van der Waals surface area contributed by atoms with Gasteiger partial charge in [-0.1, -0.05) is 11.8 Å². The molecule has 1 aliphatic heterocycles. The lowest BCUT2D eigenvalue weighted by molar-refractivity contribution is 0.0656. The molecule has 0 bridgehead atoms. The third-order valence-corrected chi connectivity index (χ3v) is 3.64. The van der Waals surface area contributed by atoms with Gasteiger partial charge >= 0.3 is 5.97 Å². The Bertz CT molecular complexity index is 634. The molecule has 0 spiro atoms. The maximum Gasteiger partial charge on any atom is 0.371 e. The smallest absolute Gasteiger partial charge is 0.371 e. The van der Waals surface area contributed by atoms with Crippen molar-refractivity contribution >= 4 is 17.7 Å². The molecule has 1 aliphatic rings. The van der Waals surface area contributed by atoms with Crippen LogP contribution in [0.4, 0.5) is 0 Å². The van der Waals surface area contributed by atoms with Crippen LogP contribution in [-0.2, 0) is 0 Å². The van der Waals surface area contributed by atoms with Crippen LogP contribution in [0.15, 0.2) is 44.7 Å². The van der Waals surface area contributed by atoms with Gasteiger partial charge in [0.15, 0.2) is 16.6 Å². The van der Waals surface area contributed by atoms with Crippen molar-refractivity contribution in [1.29, 1.82) is 0 Å². The van der Waals surface area contributed by atoms with E-state index >= 15 is 0 Å². The second kappa shape index (κ2) is 5.50. The van der Waals surface area contributed by atoms with Gasteiger partial charge in [-0.2, -0.15) is 0 Å². The number of hydrogen-bond acceptors (Lipinski definition) is 5. The molecule has 6 heteroatoms. The van der Waals surface area contributed by atoms with E-state index in [0.29, 0.717) is 24.1 Å². The van der Waals surface area contributed by atoms with Crippen LogP contribution in [0, 0.1) is 0 Å². The van der Waals surface area contributed by atoms with Gasteiger partial charge in [0.2, 0.25) is 5.76 Å². The summed E-state index contributed by atoms with van der Waals surface area (Å²) < 4.78 is 16.4. The van der Waals surface area contributed by atoms with Crippen molar-refractivity contribution in [3.8, 4) is 11.5 Å². The van der Waals surface area contributed by atoms with E-state index in [9.17, 15) is 4.79 Å². The largest absolute Gasteiger partial charge is 0.490 e. The molecule has 0 aliphatic carbocycles. The molecule has 1 N–H and O–H groups in total. The summed E-state index contributed by atoms with van der Waals surface area (Å²) in [4.78, 5) is 11.7. The van der Waals surface area contributed by atoms with Gasteiger partial charge in [-0.3, -0.25) is 0 Å². The minimum absolute atomic E-state index is 0.0677. The Morgan fingerprint density at radius 1 is 1.10 bits per heavy atom. The van der Waals surface area contributed by atoms with E-state index in [4.69, 9.17) is 19.0 Å². The van der Waals surface area contributed by atoms with Gasteiger partial charge in [0, 0.05) is 11.3 Å². The Kier molecular flexibility index (Phi) is 3.56. The number of carboxylic acids is 1. The molecule has 1 aromatic heterocycles. The summed E-state index contributed by atoms with van der Waals surface area (Å²) in [6.45, 7) is 1.28. The molecule has 3 rings (SSSR count). The topological polar surface area (TPSA) is 68.9 Å². The molecule has 2 heterocycles. The van der Waals surface area contributed by atoms with Crippen LogP contribution >= 0.6 is 11.8 Å². The SMILES string of the molecule is O=C(O)c1ccc(Sc2ccc3c(c2)OCCCO3)o1. The summed E-state index contributed by atoms with van der Waals surface area (Å²) in [5.74, 6) is 0.299. The molecule has 0 saturated heterocycles. The van der Waals surface area contributed by atoms with E-state index in [-0.39, 0.29) is 5.76 Å². The quantitative estimate of drug-likeness (QED) is 0.936. The van der Waals surface area contributed by atoms with Crippen LogP contribution < -0.4 is 9.47 Å². The highest BCUT2D eigenvalue weighted by molar-refractivity contribution is 7.99. The van der Waals surface area contributed by atoms with Crippen molar-refractivity contribution in [3.05, 3.63) is 36.1 Å². The Balaban J connectivity index is 1.80. The monoisotopic (exact) mass is 292 g/mol. The maximum absolute atomic E-state index is 10.8. The number of carboxylic acid groups (broad SMARTS) is 1. The Labute approximate surface area is 119 Å². The fourth-order valence-electron chi connectivity index (χ4n) is 1.81. The standard InChI is InChI=1S/C14H12O5S/c15-14(16)11-4-5-13(19-11)20-9-2-3-10-12(8-9)18-7-1-6-17-10/h2-5,8H,1,6-7H2,(H,15,16). The Morgan fingerprint density at radius 2 is 1.90 bits per heavy atom. The predicted molar refractivity (Wildman–Crippen MR) is 71.8 cm³/mol. The molecule has 0 atom stereocenters. The van der Waals surface area contributed by atoms with E-state index in [1.54, 1.807) is 6.07 Å². The fourth-order valence-corrected chi connectivity index (χ4v) is 2.62. The third kappa shape index (κ3) is 2.75. The van der Waals surface area contributed by atoms with Gasteiger partial charge in [0.05, 0.1) is 13.2 Å². The van der Waals surface area contributed by atoms with E-state index < -0.39 is 5.97 Å². The molecular weight excluding hydrogens is 280 g/mol. The summed E-state index contributed by atoms with van der Waals surface area (Å²) in [6.07, 6.45) is 0.858. The van der Waals surface area contributed by atoms with Crippen LogP contribution in [-0.4, -0.2) is 24.3 Å². The predicted octanol–water partition coefficient (Wildman–Crippen LogP) is 3.29. The highest BCUT2D eigenvalue weighted by atomic mass is 32.2.